The molecule has 2 amide bonds. The first-order valence-corrected chi connectivity index (χ1v) is 11.0. The standard InChI is InChI=1S/C23H32N4O2/c1-17(22(28)24-10-15-26-11-4-5-12-26)18-8-13-27(14-9-18)23(29)21-16-19-6-2-3-7-20(19)25-21/h2-3,6-7,16-18,25H,4-5,8-15H2,1H3,(H,24,28). The Labute approximate surface area is 172 Å². The Balaban J connectivity index is 1.24. The van der Waals surface area contributed by atoms with Gasteiger partial charge in [-0.15, -0.1) is 0 Å². The number of H-pyrrole nitrogens is 1. The Morgan fingerprint density at radius 3 is 2.59 bits per heavy atom. The van der Waals surface area contributed by atoms with Gasteiger partial charge < -0.3 is 20.1 Å². The van der Waals surface area contributed by atoms with Crippen molar-refractivity contribution in [1.82, 2.24) is 20.1 Å². The number of rotatable bonds is 6. The normalized spacial score (nSPS) is 19.6. The molecule has 4 rings (SSSR count). The second kappa shape index (κ2) is 8.99. The van der Waals surface area contributed by atoms with E-state index in [1.54, 1.807) is 0 Å². The molecule has 2 aliphatic rings. The summed E-state index contributed by atoms with van der Waals surface area (Å²) in [5.41, 5.74) is 1.64. The Morgan fingerprint density at radius 2 is 1.86 bits per heavy atom. The molecular weight excluding hydrogens is 364 g/mol. The molecule has 29 heavy (non-hydrogen) atoms. The van der Waals surface area contributed by atoms with Gasteiger partial charge >= 0.3 is 0 Å². The molecule has 156 valence electrons. The second-order valence-corrected chi connectivity index (χ2v) is 8.53. The predicted octanol–water partition coefficient (Wildman–Crippen LogP) is 2.87. The molecule has 0 saturated carbocycles. The summed E-state index contributed by atoms with van der Waals surface area (Å²) in [5.74, 6) is 0.555. The highest BCUT2D eigenvalue weighted by Gasteiger charge is 2.30. The van der Waals surface area contributed by atoms with Crippen molar-refractivity contribution in [2.75, 3.05) is 39.3 Å². The Hall–Kier alpha value is -2.34. The molecule has 2 aliphatic heterocycles. The minimum Gasteiger partial charge on any atom is -0.355 e. The molecule has 3 heterocycles. The van der Waals surface area contributed by atoms with Crippen LogP contribution < -0.4 is 5.32 Å². The lowest BCUT2D eigenvalue weighted by molar-refractivity contribution is -0.126. The van der Waals surface area contributed by atoms with E-state index in [-0.39, 0.29) is 17.7 Å². The van der Waals surface area contributed by atoms with Crippen LogP contribution in [-0.2, 0) is 4.79 Å². The monoisotopic (exact) mass is 396 g/mol. The molecule has 0 radical (unpaired) electrons. The van der Waals surface area contributed by atoms with Gasteiger partial charge in [-0.05, 0) is 56.8 Å². The number of hydrogen-bond donors (Lipinski definition) is 2. The number of aromatic nitrogens is 1. The first kappa shape index (κ1) is 20.0. The molecule has 6 heteroatoms. The predicted molar refractivity (Wildman–Crippen MR) is 115 cm³/mol. The van der Waals surface area contributed by atoms with Crippen LogP contribution in [-0.4, -0.2) is 65.9 Å². The van der Waals surface area contributed by atoms with Crippen molar-refractivity contribution in [3.63, 3.8) is 0 Å². The van der Waals surface area contributed by atoms with E-state index in [2.05, 4.69) is 15.2 Å². The number of aromatic amines is 1. The summed E-state index contributed by atoms with van der Waals surface area (Å²) in [4.78, 5) is 33.0. The zero-order valence-corrected chi connectivity index (χ0v) is 17.3. The fraction of sp³-hybridized carbons (Fsp3) is 0.565. The lowest BCUT2D eigenvalue weighted by Gasteiger charge is -2.34. The first-order valence-electron chi connectivity index (χ1n) is 11.0. The molecule has 2 aromatic rings. The number of amides is 2. The largest absolute Gasteiger partial charge is 0.355 e. The average molecular weight is 397 g/mol. The van der Waals surface area contributed by atoms with E-state index in [9.17, 15) is 9.59 Å². The number of hydrogen-bond acceptors (Lipinski definition) is 3. The highest BCUT2D eigenvalue weighted by atomic mass is 16.2. The average Bonchev–Trinajstić information content (AvgIpc) is 3.42. The molecule has 6 nitrogen and oxygen atoms in total. The molecule has 1 aromatic heterocycles. The lowest BCUT2D eigenvalue weighted by atomic mass is 9.84. The third kappa shape index (κ3) is 4.64. The number of nitrogens with zero attached hydrogens (tertiary/aromatic N) is 2. The van der Waals surface area contributed by atoms with Crippen molar-refractivity contribution >= 4 is 22.7 Å². The number of para-hydroxylation sites is 1. The summed E-state index contributed by atoms with van der Waals surface area (Å²) in [6.45, 7) is 7.47. The van der Waals surface area contributed by atoms with Crippen molar-refractivity contribution in [2.45, 2.75) is 32.6 Å². The van der Waals surface area contributed by atoms with E-state index in [1.165, 1.54) is 12.8 Å². The Bertz CT molecular complexity index is 814. The summed E-state index contributed by atoms with van der Waals surface area (Å²) >= 11 is 0. The van der Waals surface area contributed by atoms with Crippen LogP contribution in [0.2, 0.25) is 0 Å². The van der Waals surface area contributed by atoms with Crippen molar-refractivity contribution in [2.24, 2.45) is 11.8 Å². The van der Waals surface area contributed by atoms with Crippen LogP contribution in [0.4, 0.5) is 0 Å². The smallest absolute Gasteiger partial charge is 0.270 e. The van der Waals surface area contributed by atoms with Crippen LogP contribution in [0.15, 0.2) is 30.3 Å². The van der Waals surface area contributed by atoms with Crippen LogP contribution in [0, 0.1) is 11.8 Å². The van der Waals surface area contributed by atoms with E-state index in [0.717, 1.165) is 49.9 Å². The van der Waals surface area contributed by atoms with Crippen LogP contribution in [0.1, 0.15) is 43.1 Å². The van der Waals surface area contributed by atoms with Gasteiger partial charge in [-0.3, -0.25) is 9.59 Å². The SMILES string of the molecule is CC(C(=O)NCCN1CCCC1)C1CCN(C(=O)c2cc3ccccc3[nH]2)CC1. The van der Waals surface area contributed by atoms with Gasteiger partial charge in [0.2, 0.25) is 5.91 Å². The zero-order chi connectivity index (χ0) is 20.2. The fourth-order valence-electron chi connectivity index (χ4n) is 4.68. The molecule has 2 saturated heterocycles. The van der Waals surface area contributed by atoms with Crippen molar-refractivity contribution in [3.05, 3.63) is 36.0 Å². The van der Waals surface area contributed by atoms with E-state index in [0.29, 0.717) is 24.7 Å². The third-order valence-electron chi connectivity index (χ3n) is 6.63. The van der Waals surface area contributed by atoms with E-state index in [1.807, 2.05) is 42.2 Å². The number of carbonyl (C=O) groups excluding carboxylic acids is 2. The molecule has 0 aliphatic carbocycles. The van der Waals surface area contributed by atoms with Crippen LogP contribution in [0.5, 0.6) is 0 Å². The van der Waals surface area contributed by atoms with Crippen molar-refractivity contribution < 1.29 is 9.59 Å². The minimum absolute atomic E-state index is 0.00101. The summed E-state index contributed by atoms with van der Waals surface area (Å²) in [7, 11) is 0. The maximum atomic E-state index is 12.9. The molecule has 2 fully saturated rings. The van der Waals surface area contributed by atoms with Gasteiger partial charge in [-0.1, -0.05) is 25.1 Å². The highest BCUT2D eigenvalue weighted by molar-refractivity contribution is 5.98. The van der Waals surface area contributed by atoms with Gasteiger partial charge in [0, 0.05) is 43.0 Å². The van der Waals surface area contributed by atoms with Crippen LogP contribution >= 0.6 is 0 Å². The summed E-state index contributed by atoms with van der Waals surface area (Å²) < 4.78 is 0. The summed E-state index contributed by atoms with van der Waals surface area (Å²) in [6.07, 6.45) is 4.32. The molecular formula is C23H32N4O2. The number of carbonyl (C=O) groups is 2. The topological polar surface area (TPSA) is 68.4 Å². The maximum absolute atomic E-state index is 12.9. The highest BCUT2D eigenvalue weighted by Crippen LogP contribution is 2.26. The lowest BCUT2D eigenvalue weighted by Crippen LogP contribution is -2.43. The number of fused-ring (bicyclic) bond motifs is 1. The van der Waals surface area contributed by atoms with Crippen molar-refractivity contribution in [1.29, 1.82) is 0 Å². The number of piperidine rings is 1. The van der Waals surface area contributed by atoms with Gasteiger partial charge in [-0.25, -0.2) is 0 Å². The number of benzene rings is 1. The van der Waals surface area contributed by atoms with Crippen LogP contribution in [0.25, 0.3) is 10.9 Å². The number of nitrogens with one attached hydrogen (secondary N) is 2. The van der Waals surface area contributed by atoms with Gasteiger partial charge in [0.05, 0.1) is 0 Å². The molecule has 1 unspecified atom stereocenters. The summed E-state index contributed by atoms with van der Waals surface area (Å²) in [5, 5.41) is 4.18. The van der Waals surface area contributed by atoms with Crippen molar-refractivity contribution in [3.8, 4) is 0 Å². The van der Waals surface area contributed by atoms with Gasteiger partial charge in [0.1, 0.15) is 5.69 Å². The Kier molecular flexibility index (Phi) is 6.19. The van der Waals surface area contributed by atoms with Gasteiger partial charge in [-0.2, -0.15) is 0 Å². The first-order chi connectivity index (χ1) is 14.1. The molecule has 0 bridgehead atoms. The van der Waals surface area contributed by atoms with E-state index >= 15 is 0 Å². The fourth-order valence-corrected chi connectivity index (χ4v) is 4.68. The Morgan fingerprint density at radius 1 is 1.14 bits per heavy atom. The summed E-state index contributed by atoms with van der Waals surface area (Å²) in [6, 6.07) is 9.88. The maximum Gasteiger partial charge on any atom is 0.270 e. The minimum atomic E-state index is -0.00101. The van der Waals surface area contributed by atoms with Crippen LogP contribution in [0.3, 0.4) is 0 Å². The van der Waals surface area contributed by atoms with E-state index in [4.69, 9.17) is 0 Å². The molecule has 0 spiro atoms. The molecule has 1 aromatic carbocycles. The quantitative estimate of drug-likeness (QED) is 0.789. The zero-order valence-electron chi connectivity index (χ0n) is 17.3. The molecule has 2 N–H and O–H groups in total. The number of likely N-dealkylation sites (tertiary alicyclic amines) is 2. The third-order valence-corrected chi connectivity index (χ3v) is 6.63. The van der Waals surface area contributed by atoms with E-state index < -0.39 is 0 Å². The molecule has 1 atom stereocenters. The van der Waals surface area contributed by atoms with Gasteiger partial charge in [0.15, 0.2) is 0 Å². The van der Waals surface area contributed by atoms with Gasteiger partial charge in [0.25, 0.3) is 5.91 Å². The second-order valence-electron chi connectivity index (χ2n) is 8.53.